The van der Waals surface area contributed by atoms with Crippen LogP contribution < -0.4 is 4.72 Å². The second kappa shape index (κ2) is 6.26. The summed E-state index contributed by atoms with van der Waals surface area (Å²) in [6.45, 7) is 3.71. The minimum absolute atomic E-state index is 0.265. The summed E-state index contributed by atoms with van der Waals surface area (Å²) in [4.78, 5) is 0. The molecular formula is C15H15Cl2NO2S. The number of sulfonamides is 1. The van der Waals surface area contributed by atoms with Gasteiger partial charge in [-0.1, -0.05) is 47.5 Å². The van der Waals surface area contributed by atoms with Crippen molar-refractivity contribution in [3.63, 3.8) is 0 Å². The first-order valence-electron chi connectivity index (χ1n) is 6.30. The summed E-state index contributed by atoms with van der Waals surface area (Å²) in [6, 6.07) is 10.5. The second-order valence-corrected chi connectivity index (χ2v) is 7.36. The third kappa shape index (κ3) is 3.90. The molecular weight excluding hydrogens is 329 g/mol. The van der Waals surface area contributed by atoms with Crippen molar-refractivity contribution in [1.29, 1.82) is 0 Å². The van der Waals surface area contributed by atoms with Gasteiger partial charge in [-0.25, -0.2) is 8.42 Å². The maximum Gasteiger partial charge on any atom is 0.237 e. The molecule has 0 saturated heterocycles. The maximum absolute atomic E-state index is 12.3. The van der Waals surface area contributed by atoms with Gasteiger partial charge >= 0.3 is 0 Å². The number of aryl methyl sites for hydroxylation is 2. The van der Waals surface area contributed by atoms with Gasteiger partial charge in [-0.05, 0) is 37.1 Å². The Morgan fingerprint density at radius 2 is 1.43 bits per heavy atom. The molecule has 0 fully saturated rings. The van der Waals surface area contributed by atoms with E-state index >= 15 is 0 Å². The molecule has 0 radical (unpaired) electrons. The van der Waals surface area contributed by atoms with Gasteiger partial charge in [0.2, 0.25) is 10.0 Å². The second-order valence-electron chi connectivity index (χ2n) is 4.83. The van der Waals surface area contributed by atoms with E-state index in [0.717, 1.165) is 11.1 Å². The number of rotatable bonds is 4. The van der Waals surface area contributed by atoms with Crippen molar-refractivity contribution >= 4 is 38.9 Å². The fraction of sp³-hybridized carbons (Fsp3) is 0.200. The molecule has 0 aliphatic rings. The molecule has 0 atom stereocenters. The molecule has 2 aromatic rings. The molecule has 0 amide bonds. The Balaban J connectivity index is 2.32. The SMILES string of the molecule is Cc1cccc(C)c1NS(=O)(=O)Cc1c(Cl)cccc1Cl. The molecule has 2 aromatic carbocycles. The molecule has 0 aliphatic heterocycles. The highest BCUT2D eigenvalue weighted by Gasteiger charge is 2.18. The monoisotopic (exact) mass is 343 g/mol. The lowest BCUT2D eigenvalue weighted by atomic mass is 10.1. The highest BCUT2D eigenvalue weighted by atomic mass is 35.5. The molecule has 2 rings (SSSR count). The first-order chi connectivity index (χ1) is 9.80. The van der Waals surface area contributed by atoms with E-state index in [9.17, 15) is 8.42 Å². The highest BCUT2D eigenvalue weighted by Crippen LogP contribution is 2.28. The molecule has 0 aliphatic carbocycles. The predicted octanol–water partition coefficient (Wildman–Crippen LogP) is 4.55. The van der Waals surface area contributed by atoms with Crippen LogP contribution in [0.2, 0.25) is 10.0 Å². The van der Waals surface area contributed by atoms with Crippen LogP contribution in [-0.4, -0.2) is 8.42 Å². The van der Waals surface area contributed by atoms with Crippen LogP contribution in [0.1, 0.15) is 16.7 Å². The molecule has 3 nitrogen and oxygen atoms in total. The van der Waals surface area contributed by atoms with E-state index < -0.39 is 10.0 Å². The van der Waals surface area contributed by atoms with E-state index in [-0.39, 0.29) is 5.75 Å². The zero-order chi connectivity index (χ0) is 15.6. The van der Waals surface area contributed by atoms with Crippen LogP contribution in [0.25, 0.3) is 0 Å². The molecule has 0 bridgehead atoms. The van der Waals surface area contributed by atoms with Gasteiger partial charge in [-0.2, -0.15) is 0 Å². The van der Waals surface area contributed by atoms with Crippen molar-refractivity contribution in [1.82, 2.24) is 0 Å². The van der Waals surface area contributed by atoms with E-state index in [1.54, 1.807) is 18.2 Å². The molecule has 0 aromatic heterocycles. The van der Waals surface area contributed by atoms with Crippen molar-refractivity contribution in [2.75, 3.05) is 4.72 Å². The predicted molar refractivity (Wildman–Crippen MR) is 88.6 cm³/mol. The summed E-state index contributed by atoms with van der Waals surface area (Å²) in [5.41, 5.74) is 2.73. The summed E-state index contributed by atoms with van der Waals surface area (Å²) in [6.07, 6.45) is 0. The molecule has 0 saturated carbocycles. The number of hydrogen-bond donors (Lipinski definition) is 1. The first kappa shape index (κ1) is 16.1. The van der Waals surface area contributed by atoms with Gasteiger partial charge in [0.25, 0.3) is 0 Å². The Hall–Kier alpha value is -1.23. The lowest BCUT2D eigenvalue weighted by Gasteiger charge is -2.14. The summed E-state index contributed by atoms with van der Waals surface area (Å²) in [7, 11) is -3.60. The van der Waals surface area contributed by atoms with Crippen LogP contribution in [0.3, 0.4) is 0 Å². The zero-order valence-corrected chi connectivity index (χ0v) is 14.0. The first-order valence-corrected chi connectivity index (χ1v) is 8.70. The minimum Gasteiger partial charge on any atom is -0.283 e. The molecule has 0 spiro atoms. The Labute approximate surface area is 135 Å². The number of nitrogens with one attached hydrogen (secondary N) is 1. The average molecular weight is 344 g/mol. The number of halogens is 2. The third-order valence-corrected chi connectivity index (χ3v) is 5.03. The van der Waals surface area contributed by atoms with Gasteiger partial charge in [0.15, 0.2) is 0 Å². The average Bonchev–Trinajstić information content (AvgIpc) is 2.39. The molecule has 0 heterocycles. The molecule has 21 heavy (non-hydrogen) atoms. The summed E-state index contributed by atoms with van der Waals surface area (Å²) < 4.78 is 27.3. The molecule has 112 valence electrons. The minimum atomic E-state index is -3.60. The van der Waals surface area contributed by atoms with E-state index in [2.05, 4.69) is 4.72 Å². The van der Waals surface area contributed by atoms with E-state index in [1.165, 1.54) is 0 Å². The Kier molecular flexibility index (Phi) is 4.81. The lowest BCUT2D eigenvalue weighted by molar-refractivity contribution is 0.600. The molecule has 6 heteroatoms. The van der Waals surface area contributed by atoms with Crippen LogP contribution >= 0.6 is 23.2 Å². The number of anilines is 1. The van der Waals surface area contributed by atoms with Gasteiger partial charge in [0.05, 0.1) is 11.4 Å². The quantitative estimate of drug-likeness (QED) is 0.884. The van der Waals surface area contributed by atoms with Crippen molar-refractivity contribution in [3.8, 4) is 0 Å². The van der Waals surface area contributed by atoms with E-state index in [4.69, 9.17) is 23.2 Å². The van der Waals surface area contributed by atoms with Gasteiger partial charge in [-0.3, -0.25) is 4.72 Å². The fourth-order valence-corrected chi connectivity index (χ4v) is 4.11. The van der Waals surface area contributed by atoms with Gasteiger partial charge in [0.1, 0.15) is 0 Å². The normalized spacial score (nSPS) is 11.4. The third-order valence-electron chi connectivity index (χ3n) is 3.13. The molecule has 1 N–H and O–H groups in total. The van der Waals surface area contributed by atoms with Gasteiger partial charge in [-0.15, -0.1) is 0 Å². The molecule has 0 unspecified atom stereocenters. The standard InChI is InChI=1S/C15H15Cl2NO2S/c1-10-5-3-6-11(2)15(10)18-21(19,20)9-12-13(16)7-4-8-14(12)17/h3-8,18H,9H2,1-2H3. The van der Waals surface area contributed by atoms with Crippen molar-refractivity contribution in [2.45, 2.75) is 19.6 Å². The summed E-state index contributed by atoms with van der Waals surface area (Å²) in [5.74, 6) is -0.265. The Morgan fingerprint density at radius 1 is 0.952 bits per heavy atom. The number of para-hydroxylation sites is 1. The van der Waals surface area contributed by atoms with E-state index in [0.29, 0.717) is 21.3 Å². The highest BCUT2D eigenvalue weighted by molar-refractivity contribution is 7.91. The Bertz CT molecular complexity index is 673. The Morgan fingerprint density at radius 3 is 1.95 bits per heavy atom. The summed E-state index contributed by atoms with van der Waals surface area (Å²) in [5, 5.41) is 0.684. The van der Waals surface area contributed by atoms with Crippen LogP contribution in [0.4, 0.5) is 5.69 Å². The van der Waals surface area contributed by atoms with Crippen molar-refractivity contribution < 1.29 is 8.42 Å². The van der Waals surface area contributed by atoms with Crippen LogP contribution in [0.5, 0.6) is 0 Å². The maximum atomic E-state index is 12.3. The van der Waals surface area contributed by atoms with Crippen LogP contribution in [0.15, 0.2) is 36.4 Å². The van der Waals surface area contributed by atoms with Gasteiger partial charge in [0, 0.05) is 15.6 Å². The zero-order valence-electron chi connectivity index (χ0n) is 11.7. The largest absolute Gasteiger partial charge is 0.283 e. The fourth-order valence-electron chi connectivity index (χ4n) is 2.03. The topological polar surface area (TPSA) is 46.2 Å². The van der Waals surface area contributed by atoms with Crippen LogP contribution in [0, 0.1) is 13.8 Å². The smallest absolute Gasteiger partial charge is 0.237 e. The number of benzene rings is 2. The summed E-state index contributed by atoms with van der Waals surface area (Å²) >= 11 is 12.0. The van der Waals surface area contributed by atoms with Crippen molar-refractivity contribution in [2.24, 2.45) is 0 Å². The van der Waals surface area contributed by atoms with Crippen LogP contribution in [-0.2, 0) is 15.8 Å². The lowest BCUT2D eigenvalue weighted by Crippen LogP contribution is -2.17. The number of hydrogen-bond acceptors (Lipinski definition) is 2. The van der Waals surface area contributed by atoms with E-state index in [1.807, 2.05) is 32.0 Å². The van der Waals surface area contributed by atoms with Crippen molar-refractivity contribution in [3.05, 3.63) is 63.1 Å². The van der Waals surface area contributed by atoms with Gasteiger partial charge < -0.3 is 0 Å².